The summed E-state index contributed by atoms with van der Waals surface area (Å²) >= 11 is 0. The highest BCUT2D eigenvalue weighted by molar-refractivity contribution is 6.01. The summed E-state index contributed by atoms with van der Waals surface area (Å²) < 4.78 is 5.95. The van der Waals surface area contributed by atoms with Gasteiger partial charge >= 0.3 is 0 Å². The number of aryl methyl sites for hydroxylation is 1. The first-order chi connectivity index (χ1) is 14.5. The van der Waals surface area contributed by atoms with Gasteiger partial charge in [-0.25, -0.2) is 10.0 Å². The van der Waals surface area contributed by atoms with Gasteiger partial charge in [0.1, 0.15) is 12.4 Å². The van der Waals surface area contributed by atoms with E-state index in [1.807, 2.05) is 50.5 Å². The summed E-state index contributed by atoms with van der Waals surface area (Å²) in [7, 11) is 3.70. The average Bonchev–Trinajstić information content (AvgIpc) is 2.73. The minimum absolute atomic E-state index is 0.0401. The van der Waals surface area contributed by atoms with Gasteiger partial charge in [-0.05, 0) is 48.6 Å². The lowest BCUT2D eigenvalue weighted by molar-refractivity contribution is -0.143. The van der Waals surface area contributed by atoms with Gasteiger partial charge in [0.05, 0.1) is 0 Å². The summed E-state index contributed by atoms with van der Waals surface area (Å²) in [4.78, 5) is 25.7. The van der Waals surface area contributed by atoms with Crippen molar-refractivity contribution in [1.82, 2.24) is 10.0 Å². The van der Waals surface area contributed by atoms with Crippen LogP contribution in [0.1, 0.15) is 48.3 Å². The van der Waals surface area contributed by atoms with Crippen LogP contribution >= 0.6 is 0 Å². The summed E-state index contributed by atoms with van der Waals surface area (Å²) in [6.45, 7) is 2.59. The number of nitrogens with zero attached hydrogens (tertiary/aromatic N) is 2. The molecule has 1 atom stereocenters. The lowest BCUT2D eigenvalue weighted by atomic mass is 9.77. The highest BCUT2D eigenvalue weighted by Gasteiger charge is 2.39. The Morgan fingerprint density at radius 3 is 2.47 bits per heavy atom. The number of hydrogen-bond acceptors (Lipinski definition) is 4. The van der Waals surface area contributed by atoms with Crippen LogP contribution in [0.5, 0.6) is 5.75 Å². The molecule has 0 spiro atoms. The maximum absolute atomic E-state index is 12.9. The van der Waals surface area contributed by atoms with E-state index in [1.54, 1.807) is 10.0 Å². The van der Waals surface area contributed by atoms with Crippen molar-refractivity contribution < 1.29 is 14.3 Å². The van der Waals surface area contributed by atoms with E-state index < -0.39 is 0 Å². The highest BCUT2D eigenvalue weighted by Crippen LogP contribution is 2.42. The Bertz CT molecular complexity index is 992. The van der Waals surface area contributed by atoms with Gasteiger partial charge in [-0.3, -0.25) is 9.59 Å². The van der Waals surface area contributed by atoms with Crippen molar-refractivity contribution in [2.24, 2.45) is 0 Å². The molecule has 1 heterocycles. The first-order valence-corrected chi connectivity index (χ1v) is 10.5. The highest BCUT2D eigenvalue weighted by atomic mass is 16.5. The van der Waals surface area contributed by atoms with E-state index in [4.69, 9.17) is 4.74 Å². The largest absolute Gasteiger partial charge is 0.489 e. The van der Waals surface area contributed by atoms with Gasteiger partial charge in [-0.1, -0.05) is 36.4 Å². The molecule has 5 nitrogen and oxygen atoms in total. The first kappa shape index (κ1) is 20.4. The molecule has 0 fully saturated rings. The summed E-state index contributed by atoms with van der Waals surface area (Å²) in [5, 5.41) is 3.47. The zero-order valence-corrected chi connectivity index (χ0v) is 17.9. The Hall–Kier alpha value is -2.92. The number of carbonyl (C=O) groups excluding carboxylic acids is 2. The van der Waals surface area contributed by atoms with E-state index in [0.29, 0.717) is 19.4 Å². The fourth-order valence-corrected chi connectivity index (χ4v) is 4.45. The van der Waals surface area contributed by atoms with Crippen molar-refractivity contribution in [3.05, 3.63) is 76.5 Å². The van der Waals surface area contributed by atoms with Gasteiger partial charge in [-0.15, -0.1) is 0 Å². The molecule has 0 bridgehead atoms. The predicted octanol–water partition coefficient (Wildman–Crippen LogP) is 4.37. The molecular weight excluding hydrogens is 376 g/mol. The topological polar surface area (TPSA) is 49.9 Å². The fraction of sp³-hybridized carbons (Fsp3) is 0.360. The lowest BCUT2D eigenvalue weighted by Crippen LogP contribution is -2.47. The predicted molar refractivity (Wildman–Crippen MR) is 116 cm³/mol. The van der Waals surface area contributed by atoms with Crippen LogP contribution in [0.2, 0.25) is 0 Å². The molecule has 0 radical (unpaired) electrons. The standard InChI is InChI=1S/C25H28N2O3/c1-17-7-4-5-8-19(17)16-30-20-13-11-18(12-14-20)21-15-24(29)27(26(2)3)22-9-6-10-23(28)25(21)22/h4-5,7-8,11-14,21H,6,9-10,15-16H2,1-3H3. The van der Waals surface area contributed by atoms with Gasteiger partial charge in [-0.2, -0.15) is 0 Å². The third kappa shape index (κ3) is 3.90. The molecule has 1 amide bonds. The minimum Gasteiger partial charge on any atom is -0.489 e. The summed E-state index contributed by atoms with van der Waals surface area (Å²) in [6, 6.07) is 16.0. The van der Waals surface area contributed by atoms with Crippen molar-refractivity contribution in [3.63, 3.8) is 0 Å². The molecule has 5 heteroatoms. The molecule has 30 heavy (non-hydrogen) atoms. The molecule has 0 saturated heterocycles. The van der Waals surface area contributed by atoms with E-state index in [-0.39, 0.29) is 17.6 Å². The molecule has 2 aromatic carbocycles. The summed E-state index contributed by atoms with van der Waals surface area (Å²) in [6.07, 6.45) is 2.43. The van der Waals surface area contributed by atoms with Crippen LogP contribution in [-0.2, 0) is 16.2 Å². The number of benzene rings is 2. The van der Waals surface area contributed by atoms with Crippen LogP contribution in [0.15, 0.2) is 59.8 Å². The molecule has 1 aliphatic carbocycles. The number of rotatable bonds is 5. The number of Topliss-reactive ketones (excluding diaryl/α,β-unsaturated/α-hetero) is 1. The van der Waals surface area contributed by atoms with Gasteiger partial charge in [0.2, 0.25) is 5.91 Å². The Kier molecular flexibility index (Phi) is 5.73. The minimum atomic E-state index is -0.179. The SMILES string of the molecule is Cc1ccccc1COc1ccc(C2CC(=O)N(N(C)C)C3=C2C(=O)CCC3)cc1. The molecule has 0 aromatic heterocycles. The average molecular weight is 405 g/mol. The monoisotopic (exact) mass is 404 g/mol. The van der Waals surface area contributed by atoms with Crippen molar-refractivity contribution in [3.8, 4) is 5.75 Å². The van der Waals surface area contributed by atoms with E-state index in [1.165, 1.54) is 5.56 Å². The zero-order chi connectivity index (χ0) is 21.3. The number of ether oxygens (including phenoxy) is 1. The first-order valence-electron chi connectivity index (χ1n) is 10.5. The molecule has 156 valence electrons. The van der Waals surface area contributed by atoms with Crippen molar-refractivity contribution >= 4 is 11.7 Å². The molecule has 0 saturated carbocycles. The number of allylic oxidation sites excluding steroid dienone is 2. The second kappa shape index (κ2) is 8.44. The molecule has 2 aliphatic rings. The second-order valence-corrected chi connectivity index (χ2v) is 8.23. The van der Waals surface area contributed by atoms with Crippen molar-refractivity contribution in [2.45, 2.75) is 45.1 Å². The van der Waals surface area contributed by atoms with Crippen LogP contribution in [-0.4, -0.2) is 35.8 Å². The van der Waals surface area contributed by atoms with Gasteiger partial charge in [0, 0.05) is 44.1 Å². The molecule has 1 aliphatic heterocycles. The van der Waals surface area contributed by atoms with E-state index in [0.717, 1.165) is 41.0 Å². The molecular formula is C25H28N2O3. The van der Waals surface area contributed by atoms with Crippen LogP contribution in [0.4, 0.5) is 0 Å². The van der Waals surface area contributed by atoms with Crippen LogP contribution < -0.4 is 4.74 Å². The Labute approximate surface area is 177 Å². The number of hydrazine groups is 1. The number of ketones is 1. The third-order valence-corrected chi connectivity index (χ3v) is 5.99. The quantitative estimate of drug-likeness (QED) is 0.742. The van der Waals surface area contributed by atoms with Gasteiger partial charge in [0.25, 0.3) is 0 Å². The maximum Gasteiger partial charge on any atom is 0.242 e. The van der Waals surface area contributed by atoms with E-state index in [9.17, 15) is 9.59 Å². The molecule has 0 N–H and O–H groups in total. The summed E-state index contributed by atoms with van der Waals surface area (Å²) in [5.41, 5.74) is 5.04. The Morgan fingerprint density at radius 1 is 1.03 bits per heavy atom. The number of hydrogen-bond donors (Lipinski definition) is 0. The molecule has 1 unspecified atom stereocenters. The zero-order valence-electron chi connectivity index (χ0n) is 17.9. The van der Waals surface area contributed by atoms with E-state index >= 15 is 0 Å². The van der Waals surface area contributed by atoms with Crippen molar-refractivity contribution in [1.29, 1.82) is 0 Å². The summed E-state index contributed by atoms with van der Waals surface area (Å²) in [5.74, 6) is 0.809. The van der Waals surface area contributed by atoms with E-state index in [2.05, 4.69) is 19.1 Å². The molecule has 2 aromatic rings. The second-order valence-electron chi connectivity index (χ2n) is 8.23. The van der Waals surface area contributed by atoms with Crippen LogP contribution in [0.3, 0.4) is 0 Å². The van der Waals surface area contributed by atoms with Crippen LogP contribution in [0, 0.1) is 6.92 Å². The van der Waals surface area contributed by atoms with Gasteiger partial charge < -0.3 is 4.74 Å². The number of carbonyl (C=O) groups is 2. The third-order valence-electron chi connectivity index (χ3n) is 5.99. The maximum atomic E-state index is 12.9. The van der Waals surface area contributed by atoms with Crippen molar-refractivity contribution in [2.75, 3.05) is 14.1 Å². The van der Waals surface area contributed by atoms with Crippen LogP contribution in [0.25, 0.3) is 0 Å². The molecule has 4 rings (SSSR count). The number of amides is 1. The Morgan fingerprint density at radius 2 is 1.77 bits per heavy atom. The Balaban J connectivity index is 1.57. The fourth-order valence-electron chi connectivity index (χ4n) is 4.45. The smallest absolute Gasteiger partial charge is 0.242 e. The van der Waals surface area contributed by atoms with Gasteiger partial charge in [0.15, 0.2) is 5.78 Å². The normalized spacial score (nSPS) is 19.3. The lowest BCUT2D eigenvalue weighted by Gasteiger charge is -2.41.